The van der Waals surface area contributed by atoms with Crippen LogP contribution in [-0.2, 0) is 15.7 Å². The van der Waals surface area contributed by atoms with Crippen LogP contribution in [0.15, 0.2) is 96.1 Å². The molecule has 0 atom stereocenters. The van der Waals surface area contributed by atoms with Crippen LogP contribution in [0.25, 0.3) is 0 Å². The van der Waals surface area contributed by atoms with Crippen molar-refractivity contribution >= 4 is 112 Å². The maximum Gasteiger partial charge on any atom is 0.194 e. The first-order valence-corrected chi connectivity index (χ1v) is 14.9. The Kier molecular flexibility index (Phi) is 11.8. The summed E-state index contributed by atoms with van der Waals surface area (Å²) in [7, 11) is -0.307. The highest BCUT2D eigenvalue weighted by Gasteiger charge is 2.37. The van der Waals surface area contributed by atoms with E-state index in [1.165, 1.54) is 14.7 Å². The zero-order valence-corrected chi connectivity index (χ0v) is 26.4. The Hall–Kier alpha value is 0.360. The summed E-state index contributed by atoms with van der Waals surface area (Å²) in [6, 6.07) is 18.9. The Bertz CT molecular complexity index is 956. The molecule has 0 heterocycles. The number of benzene rings is 3. The van der Waals surface area contributed by atoms with E-state index in [0.29, 0.717) is 6.42 Å². The normalized spacial score (nSPS) is 10.6. The van der Waals surface area contributed by atoms with Gasteiger partial charge in [0.15, 0.2) is 14.7 Å². The standard InChI is InChI=1S/C18H9Br6S.C4H8O2/c19-10-6-13(21)17(14(22)7-10)25(12-4-2-1-3-5-12)18-15(23)8-11(20)9-16(18)24;1-2-3-4(5)6/h1-9H;2-3H2,1H3,(H,5,6)/q+1;/p-1. The third kappa shape index (κ3) is 7.97. The lowest BCUT2D eigenvalue weighted by atomic mass is 10.3. The molecule has 31 heavy (non-hydrogen) atoms. The SMILES string of the molecule is Brc1cc(Br)c([S+](c2ccccc2)c2c(Br)cc(Br)cc2Br)c(Br)c1.CCCC(=O)[O-]. The second kappa shape index (κ2) is 13.3. The Balaban J connectivity index is 0.000000501. The van der Waals surface area contributed by atoms with Crippen LogP contribution in [0.4, 0.5) is 0 Å². The summed E-state index contributed by atoms with van der Waals surface area (Å²) < 4.78 is 6.29. The highest BCUT2D eigenvalue weighted by Crippen LogP contribution is 2.46. The van der Waals surface area contributed by atoms with Gasteiger partial charge in [-0.2, -0.15) is 0 Å². The maximum atomic E-state index is 9.49. The first-order valence-electron chi connectivity index (χ1n) is 8.94. The summed E-state index contributed by atoms with van der Waals surface area (Å²) in [6.45, 7) is 1.80. The molecule has 0 aromatic heterocycles. The van der Waals surface area contributed by atoms with Gasteiger partial charge in [0, 0.05) is 14.9 Å². The number of aliphatic carboxylic acids is 1. The molecule has 164 valence electrons. The van der Waals surface area contributed by atoms with E-state index in [1.54, 1.807) is 6.92 Å². The van der Waals surface area contributed by atoms with Gasteiger partial charge in [0.05, 0.1) is 17.9 Å². The van der Waals surface area contributed by atoms with Crippen molar-refractivity contribution in [2.75, 3.05) is 0 Å². The molecule has 3 aromatic carbocycles. The predicted octanol–water partition coefficient (Wildman–Crippen LogP) is 8.89. The van der Waals surface area contributed by atoms with Gasteiger partial charge in [-0.3, -0.25) is 0 Å². The Morgan fingerprint density at radius 3 is 1.45 bits per heavy atom. The zero-order valence-electron chi connectivity index (χ0n) is 16.1. The number of hydrogen-bond donors (Lipinski definition) is 0. The number of halogens is 6. The van der Waals surface area contributed by atoms with Gasteiger partial charge in [0.25, 0.3) is 0 Å². The molecule has 2 nitrogen and oxygen atoms in total. The van der Waals surface area contributed by atoms with E-state index in [4.69, 9.17) is 0 Å². The van der Waals surface area contributed by atoms with Gasteiger partial charge in [-0.25, -0.2) is 0 Å². The second-order valence-corrected chi connectivity index (χ2v) is 13.3. The van der Waals surface area contributed by atoms with Gasteiger partial charge in [-0.1, -0.05) is 63.4 Å². The lowest BCUT2D eigenvalue weighted by Gasteiger charge is -2.14. The van der Waals surface area contributed by atoms with E-state index in [1.807, 2.05) is 6.07 Å². The number of carboxylic acids is 1. The second-order valence-electron chi connectivity index (χ2n) is 6.14. The molecule has 9 heteroatoms. The highest BCUT2D eigenvalue weighted by molar-refractivity contribution is 9.12. The summed E-state index contributed by atoms with van der Waals surface area (Å²) in [4.78, 5) is 13.1. The van der Waals surface area contributed by atoms with Crippen LogP contribution in [0.1, 0.15) is 19.8 Å². The summed E-state index contributed by atoms with van der Waals surface area (Å²) >= 11 is 22.2. The lowest BCUT2D eigenvalue weighted by molar-refractivity contribution is -0.305. The number of hydrogen-bond acceptors (Lipinski definition) is 2. The average Bonchev–Trinajstić information content (AvgIpc) is 2.66. The molecule has 0 saturated heterocycles. The summed E-state index contributed by atoms with van der Waals surface area (Å²) in [5, 5.41) is 9.49. The first kappa shape index (κ1) is 27.6. The van der Waals surface area contributed by atoms with Crippen LogP contribution in [0.3, 0.4) is 0 Å². The van der Waals surface area contributed by atoms with Crippen LogP contribution in [0.5, 0.6) is 0 Å². The molecule has 0 aliphatic rings. The summed E-state index contributed by atoms with van der Waals surface area (Å²) in [5.41, 5.74) is 0. The molecule has 0 spiro atoms. The molecule has 0 radical (unpaired) electrons. The fourth-order valence-electron chi connectivity index (χ4n) is 2.55. The highest BCUT2D eigenvalue weighted by atomic mass is 79.9. The summed E-state index contributed by atoms with van der Waals surface area (Å²) in [6.07, 6.45) is 0.850. The van der Waals surface area contributed by atoms with E-state index < -0.39 is 5.97 Å². The van der Waals surface area contributed by atoms with E-state index in [9.17, 15) is 9.90 Å². The van der Waals surface area contributed by atoms with Gasteiger partial charge in [0.1, 0.15) is 10.9 Å². The molecule has 0 N–H and O–H groups in total. The molecule has 0 unspecified atom stereocenters. The third-order valence-corrected chi connectivity index (χ3v) is 10.7. The van der Waals surface area contributed by atoms with Gasteiger partial charge in [-0.15, -0.1) is 0 Å². The molecular formula is C22H16Br6O2S. The number of carboxylic acid groups (broad SMARTS) is 1. The first-order chi connectivity index (χ1) is 14.6. The van der Waals surface area contributed by atoms with Gasteiger partial charge >= 0.3 is 0 Å². The smallest absolute Gasteiger partial charge is 0.194 e. The molecule has 0 bridgehead atoms. The van der Waals surface area contributed by atoms with Crippen LogP contribution >= 0.6 is 95.6 Å². The van der Waals surface area contributed by atoms with Crippen molar-refractivity contribution in [2.45, 2.75) is 34.5 Å². The fraction of sp³-hybridized carbons (Fsp3) is 0.136. The van der Waals surface area contributed by atoms with E-state index in [-0.39, 0.29) is 17.3 Å². The van der Waals surface area contributed by atoms with Crippen molar-refractivity contribution in [2.24, 2.45) is 0 Å². The minimum absolute atomic E-state index is 0.181. The molecular weight excluding hydrogens is 808 g/mol. The Morgan fingerprint density at radius 2 is 1.16 bits per heavy atom. The maximum absolute atomic E-state index is 9.49. The monoisotopic (exact) mass is 818 g/mol. The Morgan fingerprint density at radius 1 is 0.774 bits per heavy atom. The minimum atomic E-state index is -0.961. The molecule has 0 aliphatic carbocycles. The number of carbonyl (C=O) groups excluding carboxylic acids is 1. The molecule has 0 aliphatic heterocycles. The van der Waals surface area contributed by atoms with Gasteiger partial charge in [0.2, 0.25) is 0 Å². The van der Waals surface area contributed by atoms with Crippen molar-refractivity contribution in [1.29, 1.82) is 0 Å². The quantitative estimate of drug-likeness (QED) is 0.242. The van der Waals surface area contributed by atoms with Crippen molar-refractivity contribution in [1.82, 2.24) is 0 Å². The molecule has 0 saturated carbocycles. The van der Waals surface area contributed by atoms with Crippen molar-refractivity contribution in [3.8, 4) is 0 Å². The van der Waals surface area contributed by atoms with Gasteiger partial charge < -0.3 is 9.90 Å². The topological polar surface area (TPSA) is 40.1 Å². The molecule has 0 amide bonds. The molecule has 3 rings (SSSR count). The van der Waals surface area contributed by atoms with Gasteiger partial charge in [-0.05, 0) is 107 Å². The van der Waals surface area contributed by atoms with E-state index in [0.717, 1.165) is 26.8 Å². The van der Waals surface area contributed by atoms with Crippen LogP contribution in [-0.4, -0.2) is 5.97 Å². The number of rotatable bonds is 5. The van der Waals surface area contributed by atoms with Crippen LogP contribution < -0.4 is 5.11 Å². The predicted molar refractivity (Wildman–Crippen MR) is 148 cm³/mol. The molecule has 0 fully saturated rings. The largest absolute Gasteiger partial charge is 0.550 e. The average molecular weight is 824 g/mol. The van der Waals surface area contributed by atoms with E-state index >= 15 is 0 Å². The van der Waals surface area contributed by atoms with Crippen LogP contribution in [0, 0.1) is 0 Å². The fourth-order valence-corrected chi connectivity index (χ4v) is 11.1. The van der Waals surface area contributed by atoms with E-state index in [2.05, 4.69) is 144 Å². The van der Waals surface area contributed by atoms with Crippen LogP contribution in [0.2, 0.25) is 0 Å². The van der Waals surface area contributed by atoms with Crippen molar-refractivity contribution in [3.63, 3.8) is 0 Å². The Labute approximate surface area is 235 Å². The van der Waals surface area contributed by atoms with Crippen molar-refractivity contribution in [3.05, 3.63) is 81.4 Å². The minimum Gasteiger partial charge on any atom is -0.550 e. The summed E-state index contributed by atoms with van der Waals surface area (Å²) in [5.74, 6) is -0.961. The molecule has 3 aromatic rings. The zero-order chi connectivity index (χ0) is 23.1. The lowest BCUT2D eigenvalue weighted by Crippen LogP contribution is -2.20. The third-order valence-electron chi connectivity index (χ3n) is 3.77. The van der Waals surface area contributed by atoms with Crippen molar-refractivity contribution < 1.29 is 9.90 Å². The number of carbonyl (C=O) groups is 1.